The molecule has 0 aliphatic carbocycles. The molecule has 216 valence electrons. The molecule has 3 aromatic rings. The normalized spacial score (nSPS) is 13.3. The van der Waals surface area contributed by atoms with Crippen LogP contribution in [-0.2, 0) is 28.4 Å². The lowest BCUT2D eigenvalue weighted by molar-refractivity contribution is -0.143. The van der Waals surface area contributed by atoms with E-state index in [-0.39, 0.29) is 18.2 Å². The Hall–Kier alpha value is -3.53. The van der Waals surface area contributed by atoms with Gasteiger partial charge in [0.1, 0.15) is 5.60 Å². The highest BCUT2D eigenvalue weighted by atomic mass is 19.4. The molecule has 3 aromatic carbocycles. The first kappa shape index (κ1) is 31.0. The molecule has 1 atom stereocenters. The molecular weight excluding hydrogens is 536 g/mol. The quantitative estimate of drug-likeness (QED) is 0.257. The molecule has 0 bridgehead atoms. The number of amides is 1. The summed E-state index contributed by atoms with van der Waals surface area (Å²) in [6, 6.07) is 19.1. The molecule has 0 heterocycles. The SMILES string of the molecule is CN(C(=O)OC(C)(C)C)C(COCc1cc(C(F)(F)F)cc(C(F)(F)F)c1)C(c1ccccc1)c1ccccc1. The van der Waals surface area contributed by atoms with Crippen LogP contribution in [0.2, 0.25) is 0 Å². The molecule has 0 aliphatic rings. The Morgan fingerprint density at radius 1 is 0.775 bits per heavy atom. The van der Waals surface area contributed by atoms with Gasteiger partial charge in [-0.2, -0.15) is 26.3 Å². The summed E-state index contributed by atoms with van der Waals surface area (Å²) in [6.45, 7) is 4.38. The van der Waals surface area contributed by atoms with Crippen LogP contribution in [0.25, 0.3) is 0 Å². The van der Waals surface area contributed by atoms with Gasteiger partial charge in [0.15, 0.2) is 0 Å². The van der Waals surface area contributed by atoms with E-state index in [9.17, 15) is 31.1 Å². The fourth-order valence-corrected chi connectivity index (χ4v) is 4.26. The van der Waals surface area contributed by atoms with Crippen molar-refractivity contribution in [1.82, 2.24) is 4.90 Å². The summed E-state index contributed by atoms with van der Waals surface area (Å²) in [4.78, 5) is 14.5. The topological polar surface area (TPSA) is 38.8 Å². The summed E-state index contributed by atoms with van der Waals surface area (Å²) < 4.78 is 91.3. The predicted molar refractivity (Wildman–Crippen MR) is 139 cm³/mol. The third-order valence-electron chi connectivity index (χ3n) is 6.09. The highest BCUT2D eigenvalue weighted by Crippen LogP contribution is 2.37. The second-order valence-electron chi connectivity index (χ2n) is 10.4. The average molecular weight is 568 g/mol. The van der Waals surface area contributed by atoms with Crippen molar-refractivity contribution in [3.8, 4) is 0 Å². The monoisotopic (exact) mass is 567 g/mol. The third kappa shape index (κ3) is 8.48. The number of alkyl halides is 6. The van der Waals surface area contributed by atoms with Crippen LogP contribution < -0.4 is 0 Å². The first-order chi connectivity index (χ1) is 18.6. The van der Waals surface area contributed by atoms with E-state index in [2.05, 4.69) is 0 Å². The van der Waals surface area contributed by atoms with E-state index in [1.807, 2.05) is 60.7 Å². The summed E-state index contributed by atoms with van der Waals surface area (Å²) >= 11 is 0. The standard InChI is InChI=1S/C30H31F6NO3/c1-28(2,3)40-27(38)37(4)25(26(21-11-7-5-8-12-21)22-13-9-6-10-14-22)19-39-18-20-15-23(29(31,32)33)17-24(16-20)30(34,35)36/h5-17,25-26H,18-19H2,1-4H3. The smallest absolute Gasteiger partial charge is 0.416 e. The highest BCUT2D eigenvalue weighted by molar-refractivity contribution is 5.68. The van der Waals surface area contributed by atoms with Gasteiger partial charge in [-0.25, -0.2) is 4.79 Å². The maximum atomic E-state index is 13.3. The zero-order valence-electron chi connectivity index (χ0n) is 22.5. The van der Waals surface area contributed by atoms with Crippen LogP contribution >= 0.6 is 0 Å². The molecule has 0 radical (unpaired) electrons. The van der Waals surface area contributed by atoms with Crippen LogP contribution in [0.3, 0.4) is 0 Å². The first-order valence-electron chi connectivity index (χ1n) is 12.5. The fraction of sp³-hybridized carbons (Fsp3) is 0.367. The first-order valence-corrected chi connectivity index (χ1v) is 12.5. The van der Waals surface area contributed by atoms with E-state index in [1.54, 1.807) is 20.8 Å². The minimum Gasteiger partial charge on any atom is -0.444 e. The Balaban J connectivity index is 1.98. The van der Waals surface area contributed by atoms with Gasteiger partial charge in [0.05, 0.1) is 30.4 Å². The molecule has 0 aromatic heterocycles. The summed E-state index contributed by atoms with van der Waals surface area (Å²) in [5.74, 6) is -0.452. The lowest BCUT2D eigenvalue weighted by Crippen LogP contribution is -2.46. The van der Waals surface area contributed by atoms with E-state index in [1.165, 1.54) is 11.9 Å². The Morgan fingerprint density at radius 3 is 1.62 bits per heavy atom. The van der Waals surface area contributed by atoms with E-state index in [4.69, 9.17) is 9.47 Å². The molecule has 10 heteroatoms. The zero-order chi connectivity index (χ0) is 29.7. The second-order valence-corrected chi connectivity index (χ2v) is 10.4. The summed E-state index contributed by atoms with van der Waals surface area (Å²) in [6.07, 6.45) is -10.6. The Morgan fingerprint density at radius 2 is 1.23 bits per heavy atom. The maximum absolute atomic E-state index is 13.3. The van der Waals surface area contributed by atoms with Crippen LogP contribution in [-0.4, -0.2) is 36.3 Å². The maximum Gasteiger partial charge on any atom is 0.416 e. The van der Waals surface area contributed by atoms with Gasteiger partial charge in [-0.15, -0.1) is 0 Å². The second kappa shape index (κ2) is 12.3. The Bertz CT molecular complexity index is 1180. The van der Waals surface area contributed by atoms with Gasteiger partial charge in [-0.1, -0.05) is 60.7 Å². The lowest BCUT2D eigenvalue weighted by atomic mass is 9.84. The van der Waals surface area contributed by atoms with Crippen molar-refractivity contribution in [2.45, 2.75) is 57.3 Å². The van der Waals surface area contributed by atoms with Gasteiger partial charge in [-0.3, -0.25) is 0 Å². The van der Waals surface area contributed by atoms with Crippen LogP contribution in [0.15, 0.2) is 78.9 Å². The van der Waals surface area contributed by atoms with Crippen LogP contribution in [0.4, 0.5) is 31.1 Å². The summed E-state index contributed by atoms with van der Waals surface area (Å²) in [5.41, 5.74) is -2.29. The molecule has 3 rings (SSSR count). The molecule has 0 saturated heterocycles. The number of hydrogen-bond acceptors (Lipinski definition) is 3. The van der Waals surface area contributed by atoms with Crippen LogP contribution in [0.1, 0.15) is 54.5 Å². The number of benzene rings is 3. The number of rotatable bonds is 8. The number of carbonyl (C=O) groups is 1. The summed E-state index contributed by atoms with van der Waals surface area (Å²) in [7, 11) is 1.52. The van der Waals surface area contributed by atoms with Gasteiger partial charge < -0.3 is 14.4 Å². The number of nitrogens with zero attached hydrogens (tertiary/aromatic N) is 1. The molecular formula is C30H31F6NO3. The molecule has 0 aliphatic heterocycles. The van der Waals surface area contributed by atoms with Crippen molar-refractivity contribution in [3.05, 3.63) is 107 Å². The minimum atomic E-state index is -4.97. The van der Waals surface area contributed by atoms with Crippen molar-refractivity contribution in [3.63, 3.8) is 0 Å². The molecule has 1 unspecified atom stereocenters. The highest BCUT2D eigenvalue weighted by Gasteiger charge is 2.37. The van der Waals surface area contributed by atoms with Gasteiger partial charge in [0, 0.05) is 13.0 Å². The lowest BCUT2D eigenvalue weighted by Gasteiger charge is -2.36. The van der Waals surface area contributed by atoms with Crippen molar-refractivity contribution in [2.24, 2.45) is 0 Å². The van der Waals surface area contributed by atoms with Crippen LogP contribution in [0.5, 0.6) is 0 Å². The van der Waals surface area contributed by atoms with Gasteiger partial charge in [0.25, 0.3) is 0 Å². The molecule has 0 spiro atoms. The van der Waals surface area contributed by atoms with E-state index >= 15 is 0 Å². The molecule has 1 amide bonds. The molecule has 0 saturated carbocycles. The fourth-order valence-electron chi connectivity index (χ4n) is 4.26. The third-order valence-corrected chi connectivity index (χ3v) is 6.09. The Labute approximate surface area is 229 Å². The predicted octanol–water partition coefficient (Wildman–Crippen LogP) is 8.31. The van der Waals surface area contributed by atoms with Crippen molar-refractivity contribution in [1.29, 1.82) is 0 Å². The molecule has 40 heavy (non-hydrogen) atoms. The number of likely N-dealkylation sites (N-methyl/N-ethyl adjacent to an activating group) is 1. The molecule has 4 nitrogen and oxygen atoms in total. The number of carbonyl (C=O) groups excluding carboxylic acids is 1. The number of ether oxygens (including phenoxy) is 2. The van der Waals surface area contributed by atoms with Crippen molar-refractivity contribution < 1.29 is 40.6 Å². The average Bonchev–Trinajstić information content (AvgIpc) is 2.86. The Kier molecular flexibility index (Phi) is 9.56. The largest absolute Gasteiger partial charge is 0.444 e. The van der Waals surface area contributed by atoms with Crippen molar-refractivity contribution in [2.75, 3.05) is 13.7 Å². The van der Waals surface area contributed by atoms with E-state index in [0.717, 1.165) is 11.1 Å². The van der Waals surface area contributed by atoms with E-state index < -0.39 is 53.7 Å². The van der Waals surface area contributed by atoms with Gasteiger partial charge >= 0.3 is 18.4 Å². The number of halogens is 6. The van der Waals surface area contributed by atoms with Gasteiger partial charge in [0.2, 0.25) is 0 Å². The van der Waals surface area contributed by atoms with E-state index in [0.29, 0.717) is 12.1 Å². The van der Waals surface area contributed by atoms with Crippen LogP contribution in [0, 0.1) is 0 Å². The van der Waals surface area contributed by atoms with Crippen molar-refractivity contribution >= 4 is 6.09 Å². The number of hydrogen-bond donors (Lipinski definition) is 0. The summed E-state index contributed by atoms with van der Waals surface area (Å²) in [5, 5.41) is 0. The zero-order valence-corrected chi connectivity index (χ0v) is 22.5. The minimum absolute atomic E-state index is 0.0728. The van der Waals surface area contributed by atoms with Gasteiger partial charge in [-0.05, 0) is 55.7 Å². The molecule has 0 N–H and O–H groups in total. The molecule has 0 fully saturated rings.